The number of halogens is 1. The molecule has 0 aliphatic carbocycles. The average Bonchev–Trinajstić information content (AvgIpc) is 2.44. The standard InChI is InChI=1S/C14H15ClN2O4/c1-2-16-14(20)17-12(18)9-21-13(19)8-7-10-5-3-4-6-11(10)15/h3-8H,2,9H2,1H3,(H2,16,17,18,20). The second-order valence-electron chi connectivity index (χ2n) is 3.87. The Balaban J connectivity index is 2.39. The van der Waals surface area contributed by atoms with Crippen molar-refractivity contribution in [3.05, 3.63) is 40.9 Å². The topological polar surface area (TPSA) is 84.5 Å². The van der Waals surface area contributed by atoms with E-state index in [1.165, 1.54) is 6.08 Å². The van der Waals surface area contributed by atoms with Gasteiger partial charge in [-0.2, -0.15) is 0 Å². The smallest absolute Gasteiger partial charge is 0.331 e. The Hall–Kier alpha value is -2.34. The summed E-state index contributed by atoms with van der Waals surface area (Å²) in [6.07, 6.45) is 2.63. The van der Waals surface area contributed by atoms with Crippen LogP contribution in [0.3, 0.4) is 0 Å². The largest absolute Gasteiger partial charge is 0.452 e. The van der Waals surface area contributed by atoms with Crippen molar-refractivity contribution in [2.24, 2.45) is 0 Å². The molecule has 112 valence electrons. The Morgan fingerprint density at radius 2 is 2.00 bits per heavy atom. The molecule has 0 aromatic heterocycles. The Morgan fingerprint density at radius 3 is 2.67 bits per heavy atom. The Morgan fingerprint density at radius 1 is 1.29 bits per heavy atom. The summed E-state index contributed by atoms with van der Waals surface area (Å²) in [6.45, 7) is 1.56. The van der Waals surface area contributed by atoms with Crippen LogP contribution in [0.4, 0.5) is 4.79 Å². The maximum atomic E-state index is 11.4. The van der Waals surface area contributed by atoms with Crippen molar-refractivity contribution in [1.82, 2.24) is 10.6 Å². The number of hydrogen-bond acceptors (Lipinski definition) is 4. The van der Waals surface area contributed by atoms with Gasteiger partial charge in [-0.25, -0.2) is 9.59 Å². The van der Waals surface area contributed by atoms with Crippen LogP contribution in [0.5, 0.6) is 0 Å². The third-order valence-electron chi connectivity index (χ3n) is 2.24. The maximum absolute atomic E-state index is 11.4. The summed E-state index contributed by atoms with van der Waals surface area (Å²) >= 11 is 5.91. The van der Waals surface area contributed by atoms with E-state index in [9.17, 15) is 14.4 Å². The molecular formula is C14H15ClN2O4. The second kappa shape index (κ2) is 8.76. The van der Waals surface area contributed by atoms with E-state index < -0.39 is 24.5 Å². The minimum absolute atomic E-state index is 0.388. The number of imide groups is 1. The normalized spacial score (nSPS) is 10.2. The van der Waals surface area contributed by atoms with Gasteiger partial charge in [0.1, 0.15) is 0 Å². The number of urea groups is 1. The quantitative estimate of drug-likeness (QED) is 0.641. The molecule has 1 aromatic carbocycles. The number of ether oxygens (including phenoxy) is 1. The number of rotatable bonds is 5. The summed E-state index contributed by atoms with van der Waals surface area (Å²) in [7, 11) is 0. The van der Waals surface area contributed by atoms with E-state index in [-0.39, 0.29) is 0 Å². The second-order valence-corrected chi connectivity index (χ2v) is 4.28. The number of esters is 1. The lowest BCUT2D eigenvalue weighted by Crippen LogP contribution is -2.41. The Kier molecular flexibility index (Phi) is 6.97. The van der Waals surface area contributed by atoms with E-state index in [4.69, 9.17) is 11.6 Å². The molecule has 3 amide bonds. The minimum atomic E-state index is -0.708. The molecule has 0 bridgehead atoms. The van der Waals surface area contributed by atoms with E-state index in [1.54, 1.807) is 31.2 Å². The lowest BCUT2D eigenvalue weighted by atomic mass is 10.2. The zero-order valence-electron chi connectivity index (χ0n) is 11.4. The van der Waals surface area contributed by atoms with E-state index in [0.717, 1.165) is 6.08 Å². The first-order chi connectivity index (χ1) is 10.0. The SMILES string of the molecule is CCNC(=O)NC(=O)COC(=O)C=Cc1ccccc1Cl. The third-order valence-corrected chi connectivity index (χ3v) is 2.58. The average molecular weight is 311 g/mol. The van der Waals surface area contributed by atoms with Crippen molar-refractivity contribution in [2.45, 2.75) is 6.92 Å². The molecule has 0 heterocycles. The highest BCUT2D eigenvalue weighted by atomic mass is 35.5. The molecule has 0 fully saturated rings. The third kappa shape index (κ3) is 6.58. The lowest BCUT2D eigenvalue weighted by Gasteiger charge is -2.04. The molecule has 6 nitrogen and oxygen atoms in total. The van der Waals surface area contributed by atoms with Gasteiger partial charge in [0.05, 0.1) is 0 Å². The van der Waals surface area contributed by atoms with E-state index in [0.29, 0.717) is 17.1 Å². The molecular weight excluding hydrogens is 296 g/mol. The van der Waals surface area contributed by atoms with E-state index in [2.05, 4.69) is 10.1 Å². The molecule has 0 saturated heterocycles. The summed E-state index contributed by atoms with van der Waals surface area (Å²) < 4.78 is 4.68. The summed E-state index contributed by atoms with van der Waals surface area (Å²) in [5.41, 5.74) is 0.655. The zero-order valence-corrected chi connectivity index (χ0v) is 12.1. The fourth-order valence-electron chi connectivity index (χ4n) is 1.32. The number of hydrogen-bond donors (Lipinski definition) is 2. The fraction of sp³-hybridized carbons (Fsp3) is 0.214. The van der Waals surface area contributed by atoms with Crippen LogP contribution in [-0.2, 0) is 14.3 Å². The minimum Gasteiger partial charge on any atom is -0.452 e. The maximum Gasteiger partial charge on any atom is 0.331 e. The molecule has 0 atom stereocenters. The first-order valence-electron chi connectivity index (χ1n) is 6.20. The van der Waals surface area contributed by atoms with Gasteiger partial charge in [0.25, 0.3) is 5.91 Å². The van der Waals surface area contributed by atoms with Crippen LogP contribution >= 0.6 is 11.6 Å². The summed E-state index contributed by atoms with van der Waals surface area (Å²) in [5, 5.41) is 4.88. The monoisotopic (exact) mass is 310 g/mol. The van der Waals surface area contributed by atoms with Crippen molar-refractivity contribution < 1.29 is 19.1 Å². The predicted molar refractivity (Wildman–Crippen MR) is 78.7 cm³/mol. The van der Waals surface area contributed by atoms with Crippen LogP contribution in [0.25, 0.3) is 6.08 Å². The molecule has 0 aliphatic rings. The van der Waals surface area contributed by atoms with Gasteiger partial charge in [-0.3, -0.25) is 10.1 Å². The number of carbonyl (C=O) groups excluding carboxylic acids is 3. The number of carbonyl (C=O) groups is 3. The van der Waals surface area contributed by atoms with Crippen LogP contribution in [0.15, 0.2) is 30.3 Å². The van der Waals surface area contributed by atoms with Gasteiger partial charge in [0.2, 0.25) is 0 Å². The number of nitrogens with one attached hydrogen (secondary N) is 2. The Labute approximate surface area is 127 Å². The van der Waals surface area contributed by atoms with Crippen molar-refractivity contribution >= 4 is 35.6 Å². The molecule has 0 aliphatic heterocycles. The van der Waals surface area contributed by atoms with Crippen LogP contribution < -0.4 is 10.6 Å². The number of amides is 3. The first-order valence-corrected chi connectivity index (χ1v) is 6.57. The molecule has 0 saturated carbocycles. The van der Waals surface area contributed by atoms with Crippen molar-refractivity contribution in [1.29, 1.82) is 0 Å². The van der Waals surface area contributed by atoms with Gasteiger partial charge in [-0.1, -0.05) is 29.8 Å². The van der Waals surface area contributed by atoms with Crippen LogP contribution in [0.2, 0.25) is 5.02 Å². The van der Waals surface area contributed by atoms with Gasteiger partial charge in [-0.15, -0.1) is 0 Å². The van der Waals surface area contributed by atoms with E-state index >= 15 is 0 Å². The van der Waals surface area contributed by atoms with Crippen molar-refractivity contribution in [2.75, 3.05) is 13.2 Å². The summed E-state index contributed by atoms with van der Waals surface area (Å²) in [6, 6.07) is 6.32. The molecule has 7 heteroatoms. The molecule has 1 rings (SSSR count). The summed E-state index contributed by atoms with van der Waals surface area (Å²) in [4.78, 5) is 33.7. The Bertz CT molecular complexity index is 558. The van der Waals surface area contributed by atoms with Crippen LogP contribution in [0.1, 0.15) is 12.5 Å². The predicted octanol–water partition coefficient (Wildman–Crippen LogP) is 1.74. The van der Waals surface area contributed by atoms with Crippen molar-refractivity contribution in [3.63, 3.8) is 0 Å². The highest BCUT2D eigenvalue weighted by molar-refractivity contribution is 6.32. The molecule has 21 heavy (non-hydrogen) atoms. The molecule has 1 aromatic rings. The molecule has 0 spiro atoms. The van der Waals surface area contributed by atoms with Gasteiger partial charge < -0.3 is 10.1 Å². The van der Waals surface area contributed by atoms with Crippen LogP contribution in [-0.4, -0.2) is 31.1 Å². The fourth-order valence-corrected chi connectivity index (χ4v) is 1.52. The highest BCUT2D eigenvalue weighted by Gasteiger charge is 2.08. The molecule has 0 unspecified atom stereocenters. The lowest BCUT2D eigenvalue weighted by molar-refractivity contribution is -0.143. The first kappa shape index (κ1) is 16.7. The molecule has 0 radical (unpaired) electrons. The van der Waals surface area contributed by atoms with Gasteiger partial charge in [0, 0.05) is 17.6 Å². The van der Waals surface area contributed by atoms with Gasteiger partial charge >= 0.3 is 12.0 Å². The zero-order chi connectivity index (χ0) is 15.7. The highest BCUT2D eigenvalue weighted by Crippen LogP contribution is 2.16. The van der Waals surface area contributed by atoms with Gasteiger partial charge in [-0.05, 0) is 24.6 Å². The van der Waals surface area contributed by atoms with Crippen molar-refractivity contribution in [3.8, 4) is 0 Å². The van der Waals surface area contributed by atoms with E-state index in [1.807, 2.05) is 5.32 Å². The van der Waals surface area contributed by atoms with Gasteiger partial charge in [0.15, 0.2) is 6.61 Å². The summed E-state index contributed by atoms with van der Waals surface area (Å²) in [5.74, 6) is -1.42. The molecule has 2 N–H and O–H groups in total. The van der Waals surface area contributed by atoms with Crippen LogP contribution in [0, 0.1) is 0 Å². The number of benzene rings is 1.